The van der Waals surface area contributed by atoms with E-state index in [2.05, 4.69) is 9.82 Å². The number of sulfonamides is 1. The van der Waals surface area contributed by atoms with Crippen molar-refractivity contribution in [2.24, 2.45) is 7.05 Å². The highest BCUT2D eigenvalue weighted by molar-refractivity contribution is 7.89. The third-order valence-corrected chi connectivity index (χ3v) is 4.29. The summed E-state index contributed by atoms with van der Waals surface area (Å²) in [5.41, 5.74) is 0.521. The Morgan fingerprint density at radius 3 is 2.67 bits per heavy atom. The fourth-order valence-electron chi connectivity index (χ4n) is 1.73. The number of aliphatic hydroxyl groups is 1. The fraction of sp³-hybridized carbons (Fsp3) is 0.250. The normalized spacial score (nSPS) is 11.8. The Morgan fingerprint density at radius 2 is 2.10 bits per heavy atom. The number of hydrogen-bond donors (Lipinski definition) is 2. The van der Waals surface area contributed by atoms with Crippen LogP contribution >= 0.6 is 0 Å². The number of benzene rings is 1. The number of hydrogen-bond acceptors (Lipinski definition) is 4. The minimum atomic E-state index is -4.26. The molecule has 0 aliphatic rings. The zero-order chi connectivity index (χ0) is 15.6. The fourth-order valence-corrected chi connectivity index (χ4v) is 2.86. The highest BCUT2D eigenvalue weighted by atomic mass is 32.2. The summed E-state index contributed by atoms with van der Waals surface area (Å²) in [4.78, 5) is -0.839. The maximum atomic E-state index is 13.7. The van der Waals surface area contributed by atoms with E-state index in [1.807, 2.05) is 0 Å². The maximum Gasteiger partial charge on any atom is 0.243 e. The lowest BCUT2D eigenvalue weighted by molar-refractivity contribution is 0.280. The molecule has 2 N–H and O–H groups in total. The van der Waals surface area contributed by atoms with E-state index in [1.54, 1.807) is 13.1 Å². The van der Waals surface area contributed by atoms with Crippen molar-refractivity contribution in [1.29, 1.82) is 0 Å². The quantitative estimate of drug-likeness (QED) is 0.849. The average Bonchev–Trinajstić information content (AvgIpc) is 2.84. The number of aryl methyl sites for hydroxylation is 1. The molecule has 0 saturated carbocycles. The van der Waals surface area contributed by atoms with Gasteiger partial charge in [-0.3, -0.25) is 4.68 Å². The summed E-state index contributed by atoms with van der Waals surface area (Å²) in [6, 6.07) is 3.23. The number of nitrogens with one attached hydrogen (secondary N) is 1. The molecule has 9 heteroatoms. The predicted molar refractivity (Wildman–Crippen MR) is 69.5 cm³/mol. The van der Waals surface area contributed by atoms with Gasteiger partial charge in [-0.2, -0.15) is 5.10 Å². The second kappa shape index (κ2) is 5.88. The largest absolute Gasteiger partial charge is 0.392 e. The molecule has 0 amide bonds. The highest BCUT2D eigenvalue weighted by Gasteiger charge is 2.23. The molecular weight excluding hydrogens is 304 g/mol. The molecule has 21 heavy (non-hydrogen) atoms. The van der Waals surface area contributed by atoms with Gasteiger partial charge in [-0.1, -0.05) is 0 Å². The molecule has 0 fully saturated rings. The Balaban J connectivity index is 2.31. The molecule has 1 aromatic heterocycles. The van der Waals surface area contributed by atoms with Crippen LogP contribution in [0.2, 0.25) is 0 Å². The third kappa shape index (κ3) is 3.26. The van der Waals surface area contributed by atoms with Gasteiger partial charge in [-0.25, -0.2) is 21.9 Å². The first kappa shape index (κ1) is 15.5. The second-order valence-electron chi connectivity index (χ2n) is 4.32. The van der Waals surface area contributed by atoms with Gasteiger partial charge in [0.05, 0.1) is 18.8 Å². The number of aliphatic hydroxyl groups excluding tert-OH is 1. The summed E-state index contributed by atoms with van der Waals surface area (Å²) in [5.74, 6) is -2.81. The Morgan fingerprint density at radius 1 is 1.38 bits per heavy atom. The summed E-state index contributed by atoms with van der Waals surface area (Å²) in [5, 5.41) is 12.8. The standard InChI is InChI=1S/C12H13F2N3O3S/c1-17-9(2-3-15-17)6-16-21(19,20)11-5-8(7-18)4-10(13)12(11)14/h2-5,16,18H,6-7H2,1H3. The molecule has 6 nitrogen and oxygen atoms in total. The van der Waals surface area contributed by atoms with E-state index < -0.39 is 33.2 Å². The summed E-state index contributed by atoms with van der Waals surface area (Å²) in [6.45, 7) is -0.718. The molecule has 114 valence electrons. The van der Waals surface area contributed by atoms with Crippen LogP contribution in [0.1, 0.15) is 11.3 Å². The molecule has 0 spiro atoms. The summed E-state index contributed by atoms with van der Waals surface area (Å²) >= 11 is 0. The molecule has 0 bridgehead atoms. The minimum absolute atomic E-state index is 0.0326. The monoisotopic (exact) mass is 317 g/mol. The maximum absolute atomic E-state index is 13.7. The lowest BCUT2D eigenvalue weighted by atomic mass is 10.2. The van der Waals surface area contributed by atoms with Gasteiger partial charge in [0.2, 0.25) is 10.0 Å². The van der Waals surface area contributed by atoms with Crippen LogP contribution in [-0.2, 0) is 30.2 Å². The molecule has 1 heterocycles. The Hall–Kier alpha value is -1.84. The molecule has 0 unspecified atom stereocenters. The number of halogens is 2. The SMILES string of the molecule is Cn1nccc1CNS(=O)(=O)c1cc(CO)cc(F)c1F. The Kier molecular flexibility index (Phi) is 4.35. The summed E-state index contributed by atoms with van der Waals surface area (Å²) < 4.78 is 54.7. The van der Waals surface area contributed by atoms with E-state index in [0.717, 1.165) is 12.1 Å². The molecule has 0 radical (unpaired) electrons. The number of nitrogens with zero attached hydrogens (tertiary/aromatic N) is 2. The van der Waals surface area contributed by atoms with Gasteiger partial charge in [-0.15, -0.1) is 0 Å². The van der Waals surface area contributed by atoms with Crippen LogP contribution in [0.4, 0.5) is 8.78 Å². The van der Waals surface area contributed by atoms with Gasteiger partial charge in [0.1, 0.15) is 4.90 Å². The van der Waals surface area contributed by atoms with Gasteiger partial charge >= 0.3 is 0 Å². The predicted octanol–water partition coefficient (Wildman–Crippen LogP) is 0.669. The van der Waals surface area contributed by atoms with Crippen molar-refractivity contribution in [2.45, 2.75) is 18.0 Å². The van der Waals surface area contributed by atoms with Crippen LogP contribution < -0.4 is 4.72 Å². The zero-order valence-electron chi connectivity index (χ0n) is 11.0. The molecule has 0 aliphatic heterocycles. The van der Waals surface area contributed by atoms with Gasteiger partial charge in [0, 0.05) is 13.2 Å². The van der Waals surface area contributed by atoms with Crippen molar-refractivity contribution in [3.05, 3.63) is 47.3 Å². The van der Waals surface area contributed by atoms with Crippen molar-refractivity contribution in [3.63, 3.8) is 0 Å². The zero-order valence-corrected chi connectivity index (χ0v) is 11.9. The van der Waals surface area contributed by atoms with Gasteiger partial charge < -0.3 is 5.11 Å². The van der Waals surface area contributed by atoms with E-state index >= 15 is 0 Å². The molecular formula is C12H13F2N3O3S. The second-order valence-corrected chi connectivity index (χ2v) is 6.05. The van der Waals surface area contributed by atoms with E-state index in [9.17, 15) is 17.2 Å². The van der Waals surface area contributed by atoms with E-state index in [1.165, 1.54) is 10.9 Å². The van der Waals surface area contributed by atoms with Crippen molar-refractivity contribution >= 4 is 10.0 Å². The summed E-state index contributed by atoms with van der Waals surface area (Å²) in [6.07, 6.45) is 1.48. The molecule has 0 atom stereocenters. The lowest BCUT2D eigenvalue weighted by Gasteiger charge is -2.10. The van der Waals surface area contributed by atoms with Crippen LogP contribution in [0, 0.1) is 11.6 Å². The van der Waals surface area contributed by atoms with Gasteiger partial charge in [-0.05, 0) is 23.8 Å². The molecule has 2 aromatic rings. The van der Waals surface area contributed by atoms with Crippen molar-refractivity contribution in [3.8, 4) is 0 Å². The van der Waals surface area contributed by atoms with Gasteiger partial charge in [0.25, 0.3) is 0 Å². The van der Waals surface area contributed by atoms with Crippen LogP contribution in [0.15, 0.2) is 29.3 Å². The van der Waals surface area contributed by atoms with Gasteiger partial charge in [0.15, 0.2) is 11.6 Å². The number of aromatic nitrogens is 2. The van der Waals surface area contributed by atoms with E-state index in [4.69, 9.17) is 5.11 Å². The first-order valence-corrected chi connectivity index (χ1v) is 7.39. The first-order valence-electron chi connectivity index (χ1n) is 5.90. The van der Waals surface area contributed by atoms with Crippen LogP contribution in [0.25, 0.3) is 0 Å². The third-order valence-electron chi connectivity index (χ3n) is 2.89. The topological polar surface area (TPSA) is 84.2 Å². The van der Waals surface area contributed by atoms with Crippen LogP contribution in [-0.4, -0.2) is 23.3 Å². The Labute approximate surface area is 120 Å². The van der Waals surface area contributed by atoms with E-state index in [-0.39, 0.29) is 12.1 Å². The van der Waals surface area contributed by atoms with Crippen LogP contribution in [0.5, 0.6) is 0 Å². The minimum Gasteiger partial charge on any atom is -0.392 e. The smallest absolute Gasteiger partial charge is 0.243 e. The first-order chi connectivity index (χ1) is 9.85. The highest BCUT2D eigenvalue weighted by Crippen LogP contribution is 2.20. The number of rotatable bonds is 5. The van der Waals surface area contributed by atoms with Crippen molar-refractivity contribution in [2.75, 3.05) is 0 Å². The average molecular weight is 317 g/mol. The van der Waals surface area contributed by atoms with Crippen molar-refractivity contribution in [1.82, 2.24) is 14.5 Å². The van der Waals surface area contributed by atoms with Crippen molar-refractivity contribution < 1.29 is 22.3 Å². The lowest BCUT2D eigenvalue weighted by Crippen LogP contribution is -2.25. The Bertz CT molecular complexity index is 759. The molecule has 0 saturated heterocycles. The molecule has 2 rings (SSSR count). The van der Waals surface area contributed by atoms with E-state index in [0.29, 0.717) is 5.69 Å². The molecule has 1 aromatic carbocycles. The molecule has 0 aliphatic carbocycles. The van der Waals surface area contributed by atoms with Crippen LogP contribution in [0.3, 0.4) is 0 Å². The summed E-state index contributed by atoms with van der Waals surface area (Å²) in [7, 11) is -2.63.